The number of benzene rings is 1. The van der Waals surface area contributed by atoms with Crippen LogP contribution in [0, 0.1) is 0 Å². The molecule has 0 spiro atoms. The van der Waals surface area contributed by atoms with Crippen molar-refractivity contribution in [3.05, 3.63) is 59.9 Å². The lowest BCUT2D eigenvalue weighted by molar-refractivity contribution is 1.16. The summed E-state index contributed by atoms with van der Waals surface area (Å²) in [7, 11) is 0. The van der Waals surface area contributed by atoms with E-state index in [0.717, 1.165) is 16.9 Å². The van der Waals surface area contributed by atoms with Crippen LogP contribution in [0.4, 0.5) is 0 Å². The van der Waals surface area contributed by atoms with Crippen LogP contribution in [-0.2, 0) is 0 Å². The summed E-state index contributed by atoms with van der Waals surface area (Å²) in [6, 6.07) is 15.9. The van der Waals surface area contributed by atoms with E-state index < -0.39 is 0 Å². The number of fused-ring (bicyclic) bond motifs is 1. The number of hydrogen-bond acceptors (Lipinski definition) is 1. The molecular weight excluding hydrogens is 220 g/mol. The Morgan fingerprint density at radius 1 is 0.938 bits per heavy atom. The summed E-state index contributed by atoms with van der Waals surface area (Å²) in [6.07, 6.45) is 1.97. The first-order chi connectivity index (χ1) is 7.86. The van der Waals surface area contributed by atoms with E-state index in [1.807, 2.05) is 59.1 Å². The van der Waals surface area contributed by atoms with E-state index in [0.29, 0.717) is 5.15 Å². The minimum absolute atomic E-state index is 0.541. The molecule has 2 heterocycles. The molecule has 2 nitrogen and oxygen atoms in total. The molecular formula is C13H9ClN2. The van der Waals surface area contributed by atoms with Crippen molar-refractivity contribution in [2.45, 2.75) is 0 Å². The third-order valence-corrected chi connectivity index (χ3v) is 2.81. The average molecular weight is 229 g/mol. The first-order valence-corrected chi connectivity index (χ1v) is 5.42. The van der Waals surface area contributed by atoms with Crippen LogP contribution in [-0.4, -0.2) is 9.38 Å². The predicted molar refractivity (Wildman–Crippen MR) is 65.6 cm³/mol. The van der Waals surface area contributed by atoms with Crippen molar-refractivity contribution in [2.24, 2.45) is 0 Å². The topological polar surface area (TPSA) is 17.3 Å². The van der Waals surface area contributed by atoms with Gasteiger partial charge in [0.2, 0.25) is 0 Å². The molecule has 3 rings (SSSR count). The lowest BCUT2D eigenvalue weighted by Crippen LogP contribution is -1.87. The Kier molecular flexibility index (Phi) is 2.15. The van der Waals surface area contributed by atoms with Crippen molar-refractivity contribution >= 4 is 17.1 Å². The van der Waals surface area contributed by atoms with E-state index >= 15 is 0 Å². The van der Waals surface area contributed by atoms with Crippen LogP contribution in [0.15, 0.2) is 54.7 Å². The Labute approximate surface area is 98.1 Å². The van der Waals surface area contributed by atoms with Crippen LogP contribution in [0.1, 0.15) is 0 Å². The Hall–Kier alpha value is -1.80. The van der Waals surface area contributed by atoms with E-state index in [-0.39, 0.29) is 0 Å². The van der Waals surface area contributed by atoms with E-state index in [9.17, 15) is 0 Å². The number of aromatic nitrogens is 2. The molecule has 0 aliphatic rings. The van der Waals surface area contributed by atoms with Gasteiger partial charge in [-0.2, -0.15) is 0 Å². The highest BCUT2D eigenvalue weighted by Gasteiger charge is 2.09. The van der Waals surface area contributed by atoms with E-state index in [1.54, 1.807) is 0 Å². The second-order valence-corrected chi connectivity index (χ2v) is 3.91. The van der Waals surface area contributed by atoms with Gasteiger partial charge >= 0.3 is 0 Å². The van der Waals surface area contributed by atoms with E-state index in [4.69, 9.17) is 11.6 Å². The highest BCUT2D eigenvalue weighted by molar-refractivity contribution is 6.32. The van der Waals surface area contributed by atoms with Gasteiger partial charge in [0.15, 0.2) is 5.15 Å². The fourth-order valence-electron chi connectivity index (χ4n) is 1.79. The van der Waals surface area contributed by atoms with Gasteiger partial charge in [-0.25, -0.2) is 4.98 Å². The fraction of sp³-hybridized carbons (Fsp3) is 0. The smallest absolute Gasteiger partial charge is 0.155 e. The first-order valence-electron chi connectivity index (χ1n) is 5.04. The molecule has 0 bridgehead atoms. The van der Waals surface area contributed by atoms with Gasteiger partial charge in [0.05, 0.1) is 5.52 Å². The Balaban J connectivity index is 2.33. The summed E-state index contributed by atoms with van der Waals surface area (Å²) in [5.41, 5.74) is 2.00. The maximum atomic E-state index is 6.10. The van der Waals surface area contributed by atoms with Gasteiger partial charge in [0.1, 0.15) is 5.82 Å². The molecule has 0 N–H and O–H groups in total. The van der Waals surface area contributed by atoms with Crippen molar-refractivity contribution in [3.63, 3.8) is 0 Å². The van der Waals surface area contributed by atoms with Crippen molar-refractivity contribution in [1.82, 2.24) is 9.38 Å². The quantitative estimate of drug-likeness (QED) is 0.621. The number of nitrogens with zero attached hydrogens (tertiary/aromatic N) is 2. The molecule has 0 saturated heterocycles. The van der Waals surface area contributed by atoms with Gasteiger partial charge in [-0.05, 0) is 12.1 Å². The Morgan fingerprint density at radius 3 is 2.50 bits per heavy atom. The average Bonchev–Trinajstić information content (AvgIpc) is 2.69. The zero-order valence-corrected chi connectivity index (χ0v) is 9.22. The molecule has 0 aliphatic carbocycles. The summed E-state index contributed by atoms with van der Waals surface area (Å²) in [4.78, 5) is 4.39. The summed E-state index contributed by atoms with van der Waals surface area (Å²) >= 11 is 6.10. The summed E-state index contributed by atoms with van der Waals surface area (Å²) in [6.45, 7) is 0. The van der Waals surface area contributed by atoms with Gasteiger partial charge in [-0.15, -0.1) is 0 Å². The second-order valence-electron chi connectivity index (χ2n) is 3.55. The summed E-state index contributed by atoms with van der Waals surface area (Å²) in [5.74, 6) is 0.876. The molecule has 3 aromatic rings. The zero-order valence-electron chi connectivity index (χ0n) is 8.47. The minimum Gasteiger partial charge on any atom is -0.298 e. The highest BCUT2D eigenvalue weighted by Crippen LogP contribution is 2.24. The van der Waals surface area contributed by atoms with Gasteiger partial charge in [0.25, 0.3) is 0 Å². The van der Waals surface area contributed by atoms with Crippen molar-refractivity contribution < 1.29 is 0 Å². The van der Waals surface area contributed by atoms with Crippen molar-refractivity contribution in [3.8, 4) is 11.4 Å². The standard InChI is InChI=1S/C13H9ClN2/c14-12-11-8-4-5-9-16(11)13(15-12)10-6-2-1-3-7-10/h1-9H. The molecule has 1 aromatic carbocycles. The Morgan fingerprint density at radius 2 is 1.69 bits per heavy atom. The highest BCUT2D eigenvalue weighted by atomic mass is 35.5. The van der Waals surface area contributed by atoms with Gasteiger partial charge in [-0.3, -0.25) is 4.40 Å². The minimum atomic E-state index is 0.541. The molecule has 78 valence electrons. The third kappa shape index (κ3) is 1.39. The summed E-state index contributed by atoms with van der Waals surface area (Å²) < 4.78 is 2.00. The van der Waals surface area contributed by atoms with Crippen LogP contribution < -0.4 is 0 Å². The van der Waals surface area contributed by atoms with Crippen LogP contribution in [0.5, 0.6) is 0 Å². The van der Waals surface area contributed by atoms with E-state index in [1.165, 1.54) is 0 Å². The van der Waals surface area contributed by atoms with Crippen molar-refractivity contribution in [2.75, 3.05) is 0 Å². The lowest BCUT2D eigenvalue weighted by atomic mass is 10.2. The van der Waals surface area contributed by atoms with Gasteiger partial charge in [0, 0.05) is 11.8 Å². The molecule has 0 saturated carbocycles. The first kappa shape index (κ1) is 9.43. The predicted octanol–water partition coefficient (Wildman–Crippen LogP) is 3.65. The molecule has 0 amide bonds. The normalized spacial score (nSPS) is 10.8. The second kappa shape index (κ2) is 3.65. The monoisotopic (exact) mass is 228 g/mol. The third-order valence-electron chi connectivity index (χ3n) is 2.54. The van der Waals surface area contributed by atoms with Crippen molar-refractivity contribution in [1.29, 1.82) is 0 Å². The maximum absolute atomic E-state index is 6.10. The molecule has 0 fully saturated rings. The number of pyridine rings is 1. The van der Waals surface area contributed by atoms with Crippen LogP contribution in [0.25, 0.3) is 16.9 Å². The van der Waals surface area contributed by atoms with Gasteiger partial charge in [-0.1, -0.05) is 48.0 Å². The molecule has 2 aromatic heterocycles. The summed E-state index contributed by atoms with van der Waals surface area (Å²) in [5, 5.41) is 0.541. The molecule has 0 atom stereocenters. The number of halogens is 1. The molecule has 0 aliphatic heterocycles. The van der Waals surface area contributed by atoms with Crippen LogP contribution in [0.2, 0.25) is 5.15 Å². The zero-order chi connectivity index (χ0) is 11.0. The van der Waals surface area contributed by atoms with Crippen LogP contribution >= 0.6 is 11.6 Å². The van der Waals surface area contributed by atoms with Crippen LogP contribution in [0.3, 0.4) is 0 Å². The fourth-order valence-corrected chi connectivity index (χ4v) is 2.02. The molecule has 3 heteroatoms. The number of imidazole rings is 1. The molecule has 16 heavy (non-hydrogen) atoms. The maximum Gasteiger partial charge on any atom is 0.155 e. The molecule has 0 radical (unpaired) electrons. The SMILES string of the molecule is Clc1nc(-c2ccccc2)n2ccccc12. The lowest BCUT2D eigenvalue weighted by Gasteiger charge is -1.99. The largest absolute Gasteiger partial charge is 0.298 e. The molecule has 0 unspecified atom stereocenters. The van der Waals surface area contributed by atoms with E-state index in [2.05, 4.69) is 4.98 Å². The number of rotatable bonds is 1. The Bertz CT molecular complexity index is 629. The van der Waals surface area contributed by atoms with Gasteiger partial charge < -0.3 is 0 Å². The number of hydrogen-bond donors (Lipinski definition) is 0.